The van der Waals surface area contributed by atoms with E-state index in [2.05, 4.69) is 17.6 Å². The van der Waals surface area contributed by atoms with Crippen LogP contribution in [0.5, 0.6) is 5.75 Å². The summed E-state index contributed by atoms with van der Waals surface area (Å²) in [5.41, 5.74) is 5.32. The van der Waals surface area contributed by atoms with Crippen LogP contribution in [0.1, 0.15) is 43.0 Å². The Bertz CT molecular complexity index is 665. The van der Waals surface area contributed by atoms with Crippen molar-refractivity contribution in [3.8, 4) is 5.75 Å². The van der Waals surface area contributed by atoms with Gasteiger partial charge < -0.3 is 15.8 Å². The number of imide groups is 1. The largest absolute Gasteiger partial charge is 0.483 e. The van der Waals surface area contributed by atoms with E-state index >= 15 is 0 Å². The van der Waals surface area contributed by atoms with E-state index in [0.717, 1.165) is 25.7 Å². The van der Waals surface area contributed by atoms with Crippen molar-refractivity contribution in [2.45, 2.75) is 38.6 Å². The fraction of sp³-hybridized carbons (Fsp3) is 0.471. The molecule has 7 nitrogen and oxygen atoms in total. The van der Waals surface area contributed by atoms with Gasteiger partial charge in [-0.15, -0.1) is 0 Å². The molecule has 2 atom stereocenters. The Hall–Kier alpha value is -2.28. The van der Waals surface area contributed by atoms with Crippen molar-refractivity contribution < 1.29 is 19.1 Å². The van der Waals surface area contributed by atoms with Gasteiger partial charge in [0.1, 0.15) is 5.75 Å². The molecule has 25 heavy (non-hydrogen) atoms. The highest BCUT2D eigenvalue weighted by Gasteiger charge is 2.23. The van der Waals surface area contributed by atoms with Crippen LogP contribution in [0, 0.1) is 5.92 Å². The van der Waals surface area contributed by atoms with E-state index in [1.807, 2.05) is 0 Å². The van der Waals surface area contributed by atoms with Crippen LogP contribution in [0.15, 0.2) is 18.2 Å². The van der Waals surface area contributed by atoms with Gasteiger partial charge in [-0.2, -0.15) is 0 Å². The smallest absolute Gasteiger partial charge is 0.321 e. The first-order valence-corrected chi connectivity index (χ1v) is 8.57. The molecule has 0 bridgehead atoms. The second-order valence-corrected chi connectivity index (χ2v) is 6.62. The summed E-state index contributed by atoms with van der Waals surface area (Å²) in [6, 6.07) is 3.84. The van der Waals surface area contributed by atoms with E-state index in [-0.39, 0.29) is 17.4 Å². The summed E-state index contributed by atoms with van der Waals surface area (Å²) < 4.78 is 5.28. The Morgan fingerprint density at radius 3 is 2.68 bits per heavy atom. The van der Waals surface area contributed by atoms with E-state index in [1.54, 1.807) is 0 Å². The number of rotatable bonds is 5. The summed E-state index contributed by atoms with van der Waals surface area (Å²) >= 11 is 5.80. The highest BCUT2D eigenvalue weighted by molar-refractivity contribution is 6.31. The highest BCUT2D eigenvalue weighted by Crippen LogP contribution is 2.24. The van der Waals surface area contributed by atoms with Crippen molar-refractivity contribution in [3.63, 3.8) is 0 Å². The molecule has 1 aliphatic carbocycles. The number of amides is 4. The van der Waals surface area contributed by atoms with Gasteiger partial charge in [0.2, 0.25) is 0 Å². The summed E-state index contributed by atoms with van der Waals surface area (Å²) in [6.07, 6.45) is 4.20. The van der Waals surface area contributed by atoms with Crippen LogP contribution in [-0.4, -0.2) is 30.5 Å². The number of urea groups is 1. The molecule has 4 amide bonds. The minimum atomic E-state index is -0.720. The quantitative estimate of drug-likeness (QED) is 0.740. The van der Waals surface area contributed by atoms with Gasteiger partial charge in [0.25, 0.3) is 11.8 Å². The molecule has 1 aromatic carbocycles. The number of ether oxygens (including phenoxy) is 1. The Morgan fingerprint density at radius 2 is 2.00 bits per heavy atom. The second-order valence-electron chi connectivity index (χ2n) is 6.18. The van der Waals surface area contributed by atoms with E-state index in [4.69, 9.17) is 22.1 Å². The zero-order valence-corrected chi connectivity index (χ0v) is 14.8. The third-order valence-corrected chi connectivity index (χ3v) is 4.48. The molecule has 2 unspecified atom stereocenters. The van der Waals surface area contributed by atoms with E-state index in [9.17, 15) is 14.4 Å². The highest BCUT2D eigenvalue weighted by atomic mass is 35.5. The maximum absolute atomic E-state index is 11.9. The first kappa shape index (κ1) is 19.1. The molecule has 1 saturated carbocycles. The minimum absolute atomic E-state index is 0.0696. The molecule has 0 aliphatic heterocycles. The van der Waals surface area contributed by atoms with Crippen molar-refractivity contribution in [1.82, 2.24) is 10.6 Å². The lowest BCUT2D eigenvalue weighted by Crippen LogP contribution is -2.48. The monoisotopic (exact) mass is 367 g/mol. The van der Waals surface area contributed by atoms with Crippen molar-refractivity contribution in [2.24, 2.45) is 11.7 Å². The SMILES string of the molecule is CC1CCCCC1NC(=O)NC(=O)COc1ccc(Cl)cc1C(N)=O. The summed E-state index contributed by atoms with van der Waals surface area (Å²) in [6.45, 7) is 1.66. The van der Waals surface area contributed by atoms with Gasteiger partial charge in [-0.05, 0) is 37.0 Å². The number of primary amides is 1. The van der Waals surface area contributed by atoms with Crippen molar-refractivity contribution in [2.75, 3.05) is 6.61 Å². The first-order valence-electron chi connectivity index (χ1n) is 8.19. The van der Waals surface area contributed by atoms with Gasteiger partial charge >= 0.3 is 6.03 Å². The van der Waals surface area contributed by atoms with Crippen LogP contribution in [0.3, 0.4) is 0 Å². The zero-order valence-electron chi connectivity index (χ0n) is 14.0. The van der Waals surface area contributed by atoms with Crippen molar-refractivity contribution >= 4 is 29.4 Å². The molecule has 136 valence electrons. The maximum Gasteiger partial charge on any atom is 0.321 e. The van der Waals surface area contributed by atoms with Crippen molar-refractivity contribution in [3.05, 3.63) is 28.8 Å². The summed E-state index contributed by atoms with van der Waals surface area (Å²) in [4.78, 5) is 35.1. The maximum atomic E-state index is 11.9. The summed E-state index contributed by atoms with van der Waals surface area (Å²) in [5.74, 6) is -0.820. The average molecular weight is 368 g/mol. The predicted octanol–water partition coefficient (Wildman–Crippen LogP) is 2.22. The second kappa shape index (κ2) is 8.71. The van der Waals surface area contributed by atoms with Crippen LogP contribution in [0.2, 0.25) is 5.02 Å². The molecular weight excluding hydrogens is 346 g/mol. The van der Waals surface area contributed by atoms with Crippen LogP contribution >= 0.6 is 11.6 Å². The van der Waals surface area contributed by atoms with Crippen LogP contribution in [0.4, 0.5) is 4.79 Å². The number of hydrogen-bond donors (Lipinski definition) is 3. The number of hydrogen-bond acceptors (Lipinski definition) is 4. The first-order chi connectivity index (χ1) is 11.9. The lowest BCUT2D eigenvalue weighted by Gasteiger charge is -2.29. The normalized spacial score (nSPS) is 19.8. The van der Waals surface area contributed by atoms with Gasteiger partial charge in [-0.1, -0.05) is 31.4 Å². The topological polar surface area (TPSA) is 111 Å². The summed E-state index contributed by atoms with van der Waals surface area (Å²) in [5, 5.41) is 5.36. The number of halogens is 1. The fourth-order valence-corrected chi connectivity index (χ4v) is 3.03. The third-order valence-electron chi connectivity index (χ3n) is 4.25. The molecule has 1 aliphatic rings. The van der Waals surface area contributed by atoms with Gasteiger partial charge in [-0.25, -0.2) is 4.79 Å². The molecule has 0 aromatic heterocycles. The third kappa shape index (κ3) is 5.63. The Balaban J connectivity index is 1.84. The van der Waals surface area contributed by atoms with Crippen LogP contribution in [-0.2, 0) is 4.79 Å². The average Bonchev–Trinajstić information content (AvgIpc) is 2.55. The molecule has 8 heteroatoms. The number of nitrogens with two attached hydrogens (primary N) is 1. The molecule has 0 radical (unpaired) electrons. The fourth-order valence-electron chi connectivity index (χ4n) is 2.86. The number of carbonyl (C=O) groups is 3. The Kier molecular flexibility index (Phi) is 6.64. The molecule has 0 heterocycles. The molecule has 2 rings (SSSR count). The van der Waals surface area contributed by atoms with Crippen LogP contribution in [0.25, 0.3) is 0 Å². The molecular formula is C17H22ClN3O4. The molecule has 1 fully saturated rings. The minimum Gasteiger partial charge on any atom is -0.483 e. The lowest BCUT2D eigenvalue weighted by molar-refractivity contribution is -0.122. The zero-order chi connectivity index (χ0) is 18.4. The Labute approximate surface area is 151 Å². The lowest BCUT2D eigenvalue weighted by atomic mass is 9.86. The standard InChI is InChI=1S/C17H22ClN3O4/c1-10-4-2-3-5-13(10)20-17(24)21-15(22)9-25-14-7-6-11(18)8-12(14)16(19)23/h6-8,10,13H,2-5,9H2,1H3,(H2,19,23)(H2,20,21,22,24). The van der Waals surface area contributed by atoms with Crippen LogP contribution < -0.4 is 21.1 Å². The molecule has 0 spiro atoms. The number of nitrogens with one attached hydrogen (secondary N) is 2. The van der Waals surface area contributed by atoms with Gasteiger partial charge in [0, 0.05) is 11.1 Å². The predicted molar refractivity (Wildman–Crippen MR) is 93.6 cm³/mol. The summed E-state index contributed by atoms with van der Waals surface area (Å²) in [7, 11) is 0. The molecule has 1 aromatic rings. The van der Waals surface area contributed by atoms with E-state index in [1.165, 1.54) is 18.2 Å². The molecule has 0 saturated heterocycles. The van der Waals surface area contributed by atoms with E-state index in [0.29, 0.717) is 10.9 Å². The van der Waals surface area contributed by atoms with Gasteiger partial charge in [0.15, 0.2) is 6.61 Å². The Morgan fingerprint density at radius 1 is 1.28 bits per heavy atom. The van der Waals surface area contributed by atoms with E-state index < -0.39 is 24.5 Å². The van der Waals surface area contributed by atoms with Gasteiger partial charge in [0.05, 0.1) is 5.56 Å². The number of benzene rings is 1. The van der Waals surface area contributed by atoms with Crippen molar-refractivity contribution in [1.29, 1.82) is 0 Å². The molecule has 4 N–H and O–H groups in total. The van der Waals surface area contributed by atoms with Gasteiger partial charge in [-0.3, -0.25) is 14.9 Å². The number of carbonyl (C=O) groups excluding carboxylic acids is 3.